The summed E-state index contributed by atoms with van der Waals surface area (Å²) < 4.78 is 26.2. The molecule has 0 fully saturated rings. The molecule has 0 bridgehead atoms. The fourth-order valence-corrected chi connectivity index (χ4v) is 2.12. The number of hydrogen-bond acceptors (Lipinski definition) is 3. The van der Waals surface area contributed by atoms with Crippen molar-refractivity contribution in [3.05, 3.63) is 53.7 Å². The molecule has 0 saturated heterocycles. The topological polar surface area (TPSA) is 62.8 Å². The number of aromatic nitrogens is 1. The molecule has 0 aliphatic carbocycles. The van der Waals surface area contributed by atoms with Crippen molar-refractivity contribution < 1.29 is 8.78 Å². The zero-order chi connectivity index (χ0) is 13.1. The number of nitrogens with two attached hydrogens (primary N) is 1. The minimum Gasteiger partial charge on any atom is -0.384 e. The lowest BCUT2D eigenvalue weighted by molar-refractivity contribution is 0.565. The fraction of sp³-hybridized carbons (Fsp3) is 0. The molecule has 6 heteroatoms. The minimum absolute atomic E-state index is 0.0844. The van der Waals surface area contributed by atoms with Crippen LogP contribution in [0.3, 0.4) is 0 Å². The number of amidine groups is 1. The predicted octanol–water partition coefficient (Wildman–Crippen LogP) is 2.80. The number of nitrogens with zero attached hydrogens (tertiary/aromatic N) is 1. The number of nitrogens with one attached hydrogen (secondary N) is 1. The van der Waals surface area contributed by atoms with E-state index in [1.165, 1.54) is 18.3 Å². The van der Waals surface area contributed by atoms with Crippen molar-refractivity contribution in [2.75, 3.05) is 0 Å². The first-order chi connectivity index (χ1) is 8.56. The van der Waals surface area contributed by atoms with Crippen molar-refractivity contribution in [3.63, 3.8) is 0 Å². The van der Waals surface area contributed by atoms with Gasteiger partial charge >= 0.3 is 0 Å². The van der Waals surface area contributed by atoms with Crippen LogP contribution in [-0.4, -0.2) is 10.8 Å². The van der Waals surface area contributed by atoms with Gasteiger partial charge in [0.1, 0.15) is 22.5 Å². The fourth-order valence-electron chi connectivity index (χ4n) is 1.30. The molecule has 3 nitrogen and oxygen atoms in total. The Morgan fingerprint density at radius 3 is 2.67 bits per heavy atom. The van der Waals surface area contributed by atoms with Gasteiger partial charge in [0.15, 0.2) is 0 Å². The van der Waals surface area contributed by atoms with Crippen LogP contribution >= 0.6 is 11.8 Å². The molecule has 0 amide bonds. The van der Waals surface area contributed by atoms with Gasteiger partial charge in [-0.3, -0.25) is 5.41 Å². The standard InChI is InChI=1S/C12H9F2N3S/c13-8-1-2-10(9(14)6-8)18-11-5-7(12(15)16)3-4-17-11/h1-6H,(H3,15,16). The number of hydrogen-bond donors (Lipinski definition) is 2. The molecule has 0 atom stereocenters. The van der Waals surface area contributed by atoms with Crippen LogP contribution in [0.2, 0.25) is 0 Å². The first kappa shape index (κ1) is 12.5. The van der Waals surface area contributed by atoms with Crippen molar-refractivity contribution in [1.29, 1.82) is 5.41 Å². The maximum absolute atomic E-state index is 13.4. The molecule has 1 aromatic heterocycles. The van der Waals surface area contributed by atoms with Crippen LogP contribution in [0.25, 0.3) is 0 Å². The van der Waals surface area contributed by atoms with E-state index >= 15 is 0 Å². The second-order valence-electron chi connectivity index (χ2n) is 3.47. The Balaban J connectivity index is 2.28. The molecule has 0 aliphatic rings. The molecule has 1 aromatic carbocycles. The van der Waals surface area contributed by atoms with Crippen molar-refractivity contribution in [1.82, 2.24) is 4.98 Å². The highest BCUT2D eigenvalue weighted by molar-refractivity contribution is 7.99. The maximum atomic E-state index is 13.4. The number of halogens is 2. The summed E-state index contributed by atoms with van der Waals surface area (Å²) in [4.78, 5) is 4.30. The summed E-state index contributed by atoms with van der Waals surface area (Å²) in [5.41, 5.74) is 5.86. The second-order valence-corrected chi connectivity index (χ2v) is 4.54. The van der Waals surface area contributed by atoms with E-state index in [1.54, 1.807) is 12.1 Å². The van der Waals surface area contributed by atoms with Gasteiger partial charge in [0, 0.05) is 22.7 Å². The van der Waals surface area contributed by atoms with Crippen molar-refractivity contribution in [2.45, 2.75) is 9.92 Å². The van der Waals surface area contributed by atoms with Crippen molar-refractivity contribution in [3.8, 4) is 0 Å². The van der Waals surface area contributed by atoms with Gasteiger partial charge in [-0.1, -0.05) is 11.8 Å². The molecule has 0 spiro atoms. The highest BCUT2D eigenvalue weighted by Crippen LogP contribution is 2.28. The Bertz CT molecular complexity index is 602. The molecular weight excluding hydrogens is 256 g/mol. The smallest absolute Gasteiger partial charge is 0.140 e. The summed E-state index contributed by atoms with van der Waals surface area (Å²) in [6, 6.07) is 6.51. The van der Waals surface area contributed by atoms with Crippen LogP contribution in [0.1, 0.15) is 5.56 Å². The third-order valence-electron chi connectivity index (χ3n) is 2.15. The van der Waals surface area contributed by atoms with Crippen LogP contribution in [0.4, 0.5) is 8.78 Å². The number of benzene rings is 1. The molecule has 0 saturated carbocycles. The van der Waals surface area contributed by atoms with E-state index in [-0.39, 0.29) is 10.7 Å². The van der Waals surface area contributed by atoms with Crippen LogP contribution in [-0.2, 0) is 0 Å². The summed E-state index contributed by atoms with van der Waals surface area (Å²) in [7, 11) is 0. The number of pyridine rings is 1. The highest BCUT2D eigenvalue weighted by atomic mass is 32.2. The zero-order valence-corrected chi connectivity index (χ0v) is 9.97. The third kappa shape index (κ3) is 2.84. The molecular formula is C12H9F2N3S. The molecule has 0 radical (unpaired) electrons. The Labute approximate surface area is 107 Å². The van der Waals surface area contributed by atoms with Crippen LogP contribution < -0.4 is 5.73 Å². The third-order valence-corrected chi connectivity index (χ3v) is 3.14. The molecule has 3 N–H and O–H groups in total. The number of rotatable bonds is 3. The predicted molar refractivity (Wildman–Crippen MR) is 65.7 cm³/mol. The van der Waals surface area contributed by atoms with Crippen LogP contribution in [0.15, 0.2) is 46.5 Å². The largest absolute Gasteiger partial charge is 0.384 e. The van der Waals surface area contributed by atoms with Gasteiger partial charge in [-0.2, -0.15) is 0 Å². The first-order valence-corrected chi connectivity index (χ1v) is 5.81. The van der Waals surface area contributed by atoms with Gasteiger partial charge in [0.05, 0.1) is 0 Å². The Hall–Kier alpha value is -1.95. The molecule has 0 unspecified atom stereocenters. The van der Waals surface area contributed by atoms with Crippen LogP contribution in [0.5, 0.6) is 0 Å². The molecule has 1 heterocycles. The quantitative estimate of drug-likeness (QED) is 0.662. The average molecular weight is 265 g/mol. The summed E-state index contributed by atoms with van der Waals surface area (Å²) in [5.74, 6) is -1.35. The summed E-state index contributed by atoms with van der Waals surface area (Å²) >= 11 is 1.05. The van der Waals surface area contributed by atoms with Crippen molar-refractivity contribution >= 4 is 17.6 Å². The SMILES string of the molecule is N=C(N)c1ccnc(Sc2ccc(F)cc2F)c1. The molecule has 2 rings (SSSR count). The Kier molecular flexibility index (Phi) is 3.57. The zero-order valence-electron chi connectivity index (χ0n) is 9.15. The van der Waals surface area contributed by atoms with E-state index in [4.69, 9.17) is 11.1 Å². The Morgan fingerprint density at radius 2 is 2.00 bits per heavy atom. The minimum atomic E-state index is -0.643. The molecule has 18 heavy (non-hydrogen) atoms. The van der Waals surface area contributed by atoms with Gasteiger partial charge in [0.2, 0.25) is 0 Å². The van der Waals surface area contributed by atoms with Gasteiger partial charge in [-0.15, -0.1) is 0 Å². The second kappa shape index (κ2) is 5.14. The molecule has 2 aromatic rings. The highest BCUT2D eigenvalue weighted by Gasteiger charge is 2.07. The van der Waals surface area contributed by atoms with E-state index in [0.717, 1.165) is 17.8 Å². The molecule has 0 aliphatic heterocycles. The summed E-state index contributed by atoms with van der Waals surface area (Å²) in [6.07, 6.45) is 1.49. The van der Waals surface area contributed by atoms with Gasteiger partial charge < -0.3 is 5.73 Å². The lowest BCUT2D eigenvalue weighted by Gasteiger charge is -2.04. The van der Waals surface area contributed by atoms with Crippen LogP contribution in [0, 0.1) is 17.0 Å². The maximum Gasteiger partial charge on any atom is 0.140 e. The van der Waals surface area contributed by atoms with E-state index in [2.05, 4.69) is 4.98 Å². The average Bonchev–Trinajstić information content (AvgIpc) is 2.33. The van der Waals surface area contributed by atoms with E-state index in [0.29, 0.717) is 10.6 Å². The lowest BCUT2D eigenvalue weighted by Crippen LogP contribution is -2.10. The first-order valence-electron chi connectivity index (χ1n) is 4.99. The van der Waals surface area contributed by atoms with E-state index < -0.39 is 11.6 Å². The summed E-state index contributed by atoms with van der Waals surface area (Å²) in [5, 5.41) is 7.79. The van der Waals surface area contributed by atoms with E-state index in [1.807, 2.05) is 0 Å². The van der Waals surface area contributed by atoms with Gasteiger partial charge in [-0.25, -0.2) is 13.8 Å². The normalized spacial score (nSPS) is 10.3. The Morgan fingerprint density at radius 1 is 1.22 bits per heavy atom. The lowest BCUT2D eigenvalue weighted by atomic mass is 10.2. The van der Waals surface area contributed by atoms with E-state index in [9.17, 15) is 8.78 Å². The molecule has 92 valence electrons. The monoisotopic (exact) mass is 265 g/mol. The van der Waals surface area contributed by atoms with Crippen molar-refractivity contribution in [2.24, 2.45) is 5.73 Å². The van der Waals surface area contributed by atoms with Gasteiger partial charge in [0.25, 0.3) is 0 Å². The van der Waals surface area contributed by atoms with Gasteiger partial charge in [-0.05, 0) is 24.3 Å². The number of nitrogen functional groups attached to an aromatic ring is 1. The summed E-state index contributed by atoms with van der Waals surface area (Å²) in [6.45, 7) is 0.